The largest absolute Gasteiger partial charge is 0.383 e. The van der Waals surface area contributed by atoms with Gasteiger partial charge in [0, 0.05) is 11.6 Å². The van der Waals surface area contributed by atoms with Gasteiger partial charge in [-0.3, -0.25) is 0 Å². The Morgan fingerprint density at radius 2 is 2.18 bits per heavy atom. The van der Waals surface area contributed by atoms with Gasteiger partial charge in [0.1, 0.15) is 5.82 Å². The minimum atomic E-state index is 0.203. The molecule has 0 bridgehead atoms. The van der Waals surface area contributed by atoms with Crippen LogP contribution in [0, 0.1) is 8.99 Å². The summed E-state index contributed by atoms with van der Waals surface area (Å²) in [5, 5.41) is 7.31. The predicted octanol–water partition coefficient (Wildman–Crippen LogP) is 3.10. The predicted molar refractivity (Wildman–Crippen MR) is 79.5 cm³/mol. The van der Waals surface area contributed by atoms with Crippen LogP contribution in [0.25, 0.3) is 5.13 Å². The van der Waals surface area contributed by atoms with Gasteiger partial charge in [-0.05, 0) is 34.4 Å². The van der Waals surface area contributed by atoms with Crippen molar-refractivity contribution in [1.82, 2.24) is 14.8 Å². The molecule has 0 unspecified atom stereocenters. The fourth-order valence-electron chi connectivity index (χ4n) is 1.54. The molecule has 0 amide bonds. The number of aromatic nitrogens is 3. The quantitative estimate of drug-likeness (QED) is 0.836. The Bertz CT molecular complexity index is 510. The van der Waals surface area contributed by atoms with E-state index in [0.29, 0.717) is 5.82 Å². The third kappa shape index (κ3) is 2.79. The number of hydrogen-bond acceptors (Lipinski definition) is 4. The molecule has 6 heteroatoms. The minimum Gasteiger partial charge on any atom is -0.383 e. The van der Waals surface area contributed by atoms with E-state index in [4.69, 9.17) is 5.73 Å². The van der Waals surface area contributed by atoms with E-state index in [9.17, 15) is 0 Å². The number of nitrogens with two attached hydrogens (primary N) is 1. The maximum atomic E-state index is 6.07. The van der Waals surface area contributed by atoms with E-state index in [0.717, 1.165) is 20.8 Å². The van der Waals surface area contributed by atoms with Crippen LogP contribution in [0.2, 0.25) is 0 Å². The standard InChI is InChI=1S/C11H15IN4S/c1-11(2,3)6-7-8(12)9(13)16(15-7)10-14-4-5-17-10/h4-5H,6,13H2,1-3H3. The van der Waals surface area contributed by atoms with Crippen molar-refractivity contribution in [2.24, 2.45) is 5.41 Å². The minimum absolute atomic E-state index is 0.203. The summed E-state index contributed by atoms with van der Waals surface area (Å²) < 4.78 is 2.76. The van der Waals surface area contributed by atoms with Crippen LogP contribution >= 0.6 is 33.9 Å². The first kappa shape index (κ1) is 12.8. The first-order valence-electron chi connectivity index (χ1n) is 5.31. The van der Waals surface area contributed by atoms with Crippen LogP contribution in [0.15, 0.2) is 11.6 Å². The Kier molecular flexibility index (Phi) is 3.44. The maximum Gasteiger partial charge on any atom is 0.212 e. The number of rotatable bonds is 2. The highest BCUT2D eigenvalue weighted by Crippen LogP contribution is 2.28. The maximum absolute atomic E-state index is 6.07. The van der Waals surface area contributed by atoms with Gasteiger partial charge in [0.2, 0.25) is 5.13 Å². The zero-order chi connectivity index (χ0) is 12.6. The van der Waals surface area contributed by atoms with Crippen LogP contribution in [0.4, 0.5) is 5.82 Å². The Morgan fingerprint density at radius 1 is 1.47 bits per heavy atom. The van der Waals surface area contributed by atoms with Crippen molar-refractivity contribution in [3.05, 3.63) is 20.8 Å². The summed E-state index contributed by atoms with van der Waals surface area (Å²) >= 11 is 3.80. The Balaban J connectivity index is 2.41. The number of anilines is 1. The second kappa shape index (κ2) is 4.56. The summed E-state index contributed by atoms with van der Waals surface area (Å²) in [7, 11) is 0. The molecule has 2 rings (SSSR count). The summed E-state index contributed by atoms with van der Waals surface area (Å²) in [6.45, 7) is 6.59. The van der Waals surface area contributed by atoms with Crippen LogP contribution in [0.3, 0.4) is 0 Å². The van der Waals surface area contributed by atoms with Gasteiger partial charge in [-0.2, -0.15) is 9.78 Å². The van der Waals surface area contributed by atoms with Crippen LogP contribution < -0.4 is 5.73 Å². The molecular formula is C11H15IN4S. The topological polar surface area (TPSA) is 56.7 Å². The average Bonchev–Trinajstić information content (AvgIpc) is 2.80. The highest BCUT2D eigenvalue weighted by molar-refractivity contribution is 14.1. The van der Waals surface area contributed by atoms with Crippen LogP contribution in [-0.4, -0.2) is 14.8 Å². The number of nitrogens with zero attached hydrogens (tertiary/aromatic N) is 3. The van der Waals surface area contributed by atoms with E-state index in [1.807, 2.05) is 5.38 Å². The molecule has 0 aliphatic carbocycles. The van der Waals surface area contributed by atoms with Gasteiger partial charge in [0.15, 0.2) is 0 Å². The fourth-order valence-corrected chi connectivity index (χ4v) is 2.67. The molecule has 0 spiro atoms. The zero-order valence-electron chi connectivity index (χ0n) is 10.1. The van der Waals surface area contributed by atoms with E-state index in [1.165, 1.54) is 11.3 Å². The molecule has 4 nitrogen and oxygen atoms in total. The van der Waals surface area contributed by atoms with Crippen LogP contribution in [0.5, 0.6) is 0 Å². The number of thiazole rings is 1. The molecule has 0 atom stereocenters. The smallest absolute Gasteiger partial charge is 0.212 e. The molecule has 0 aromatic carbocycles. The lowest BCUT2D eigenvalue weighted by atomic mass is 9.91. The average molecular weight is 362 g/mol. The molecule has 2 aromatic heterocycles. The van der Waals surface area contributed by atoms with Crippen molar-refractivity contribution < 1.29 is 0 Å². The Hall–Kier alpha value is -0.630. The van der Waals surface area contributed by atoms with Gasteiger partial charge < -0.3 is 5.73 Å². The zero-order valence-corrected chi connectivity index (χ0v) is 13.0. The van der Waals surface area contributed by atoms with E-state index in [-0.39, 0.29) is 5.41 Å². The van der Waals surface area contributed by atoms with Crippen LogP contribution in [-0.2, 0) is 6.42 Å². The van der Waals surface area contributed by atoms with E-state index in [2.05, 4.69) is 53.4 Å². The van der Waals surface area contributed by atoms with Gasteiger partial charge in [0.25, 0.3) is 0 Å². The molecule has 0 aliphatic rings. The molecule has 2 aromatic rings. The molecule has 0 saturated carbocycles. The van der Waals surface area contributed by atoms with Crippen molar-refractivity contribution in [3.8, 4) is 5.13 Å². The number of hydrogen-bond donors (Lipinski definition) is 1. The normalized spacial score (nSPS) is 12.0. The first-order chi connectivity index (χ1) is 7.88. The van der Waals surface area contributed by atoms with Crippen molar-refractivity contribution >= 4 is 39.7 Å². The summed E-state index contributed by atoms with van der Waals surface area (Å²) in [6.07, 6.45) is 2.67. The lowest BCUT2D eigenvalue weighted by molar-refractivity contribution is 0.404. The van der Waals surface area contributed by atoms with Gasteiger partial charge in [0.05, 0.1) is 9.26 Å². The van der Waals surface area contributed by atoms with Crippen LogP contribution in [0.1, 0.15) is 26.5 Å². The summed E-state index contributed by atoms with van der Waals surface area (Å²) in [4.78, 5) is 4.23. The third-order valence-electron chi connectivity index (χ3n) is 2.23. The van der Waals surface area contributed by atoms with E-state index >= 15 is 0 Å². The van der Waals surface area contributed by atoms with E-state index in [1.54, 1.807) is 10.9 Å². The summed E-state index contributed by atoms with van der Waals surface area (Å²) in [6, 6.07) is 0. The van der Waals surface area contributed by atoms with Crippen molar-refractivity contribution in [2.45, 2.75) is 27.2 Å². The fraction of sp³-hybridized carbons (Fsp3) is 0.455. The second-order valence-electron chi connectivity index (χ2n) is 5.11. The third-order valence-corrected chi connectivity index (χ3v) is 4.15. The summed E-state index contributed by atoms with van der Waals surface area (Å²) in [5.74, 6) is 0.680. The Morgan fingerprint density at radius 3 is 2.71 bits per heavy atom. The Labute approximate surface area is 118 Å². The first-order valence-corrected chi connectivity index (χ1v) is 7.27. The SMILES string of the molecule is CC(C)(C)Cc1nn(-c2nccs2)c(N)c1I. The van der Waals surface area contributed by atoms with Gasteiger partial charge in [-0.25, -0.2) is 4.98 Å². The highest BCUT2D eigenvalue weighted by atomic mass is 127. The molecule has 0 aliphatic heterocycles. The number of nitrogen functional groups attached to an aromatic ring is 1. The lowest BCUT2D eigenvalue weighted by Gasteiger charge is -2.16. The van der Waals surface area contributed by atoms with Gasteiger partial charge >= 0.3 is 0 Å². The van der Waals surface area contributed by atoms with Gasteiger partial charge in [-0.15, -0.1) is 11.3 Å². The highest BCUT2D eigenvalue weighted by Gasteiger charge is 2.20. The molecule has 0 saturated heterocycles. The molecule has 17 heavy (non-hydrogen) atoms. The number of halogens is 1. The molecule has 2 heterocycles. The lowest BCUT2D eigenvalue weighted by Crippen LogP contribution is -2.10. The van der Waals surface area contributed by atoms with Crippen molar-refractivity contribution in [1.29, 1.82) is 0 Å². The molecule has 0 fully saturated rings. The van der Waals surface area contributed by atoms with E-state index < -0.39 is 0 Å². The second-order valence-corrected chi connectivity index (χ2v) is 7.06. The van der Waals surface area contributed by atoms with Gasteiger partial charge in [-0.1, -0.05) is 20.8 Å². The summed E-state index contributed by atoms with van der Waals surface area (Å²) in [5.41, 5.74) is 7.32. The van der Waals surface area contributed by atoms with Crippen molar-refractivity contribution in [2.75, 3.05) is 5.73 Å². The monoisotopic (exact) mass is 362 g/mol. The molecule has 92 valence electrons. The van der Waals surface area contributed by atoms with Crippen molar-refractivity contribution in [3.63, 3.8) is 0 Å². The molecular weight excluding hydrogens is 347 g/mol. The molecule has 0 radical (unpaired) electrons. The molecule has 2 N–H and O–H groups in total.